The smallest absolute Gasteiger partial charge is 0.251 e. The summed E-state index contributed by atoms with van der Waals surface area (Å²) in [7, 11) is 1.51. The van der Waals surface area contributed by atoms with Gasteiger partial charge in [-0.25, -0.2) is 4.98 Å². The molecule has 1 amide bonds. The Hall–Kier alpha value is -1.43. The van der Waals surface area contributed by atoms with Gasteiger partial charge >= 0.3 is 0 Å². The van der Waals surface area contributed by atoms with Crippen LogP contribution in [0.4, 0.5) is 0 Å². The van der Waals surface area contributed by atoms with Gasteiger partial charge in [-0.1, -0.05) is 0 Å². The Morgan fingerprint density at radius 2 is 2.40 bits per heavy atom. The molecular weight excluding hydrogens is 196 g/mol. The minimum absolute atomic E-state index is 0.135. The lowest BCUT2D eigenvalue weighted by Crippen LogP contribution is -2.44. The number of amides is 1. The van der Waals surface area contributed by atoms with Gasteiger partial charge in [0.05, 0.1) is 0 Å². The van der Waals surface area contributed by atoms with Crippen molar-refractivity contribution in [3.63, 3.8) is 0 Å². The standard InChI is InChI=1S/C9H16N4O2/c1-9(2,15-3)8(14)10-5-4-7-11-6-12-13-7/h6H,4-5H2,1-3H3,(H,10,14)(H,11,12,13). The van der Waals surface area contributed by atoms with Crippen LogP contribution in [-0.2, 0) is 16.0 Å². The van der Waals surface area contributed by atoms with E-state index in [1.54, 1.807) is 13.8 Å². The summed E-state index contributed by atoms with van der Waals surface area (Å²) < 4.78 is 5.04. The average Bonchev–Trinajstić information content (AvgIpc) is 2.70. The van der Waals surface area contributed by atoms with Crippen LogP contribution in [0.3, 0.4) is 0 Å². The van der Waals surface area contributed by atoms with Crippen LogP contribution in [0.2, 0.25) is 0 Å². The fraction of sp³-hybridized carbons (Fsp3) is 0.667. The van der Waals surface area contributed by atoms with Gasteiger partial charge in [-0.3, -0.25) is 9.89 Å². The summed E-state index contributed by atoms with van der Waals surface area (Å²) in [5.41, 5.74) is -0.790. The molecule has 6 heteroatoms. The maximum absolute atomic E-state index is 11.5. The number of hydrogen-bond donors (Lipinski definition) is 2. The Kier molecular flexibility index (Phi) is 3.79. The van der Waals surface area contributed by atoms with Crippen molar-refractivity contribution in [1.29, 1.82) is 0 Å². The molecule has 84 valence electrons. The van der Waals surface area contributed by atoms with Crippen LogP contribution in [0.25, 0.3) is 0 Å². The van der Waals surface area contributed by atoms with Gasteiger partial charge in [0, 0.05) is 20.1 Å². The molecule has 0 fully saturated rings. The van der Waals surface area contributed by atoms with Crippen LogP contribution in [0, 0.1) is 0 Å². The molecule has 0 unspecified atom stereocenters. The van der Waals surface area contributed by atoms with Crippen LogP contribution in [0.15, 0.2) is 6.33 Å². The highest BCUT2D eigenvalue weighted by Crippen LogP contribution is 2.06. The highest BCUT2D eigenvalue weighted by atomic mass is 16.5. The molecule has 1 aromatic heterocycles. The van der Waals surface area contributed by atoms with Gasteiger partial charge in [-0.15, -0.1) is 0 Å². The van der Waals surface area contributed by atoms with E-state index in [1.807, 2.05) is 0 Å². The van der Waals surface area contributed by atoms with Crippen molar-refractivity contribution in [3.8, 4) is 0 Å². The number of hydrogen-bond acceptors (Lipinski definition) is 4. The average molecular weight is 212 g/mol. The highest BCUT2D eigenvalue weighted by Gasteiger charge is 2.26. The zero-order chi connectivity index (χ0) is 11.3. The lowest BCUT2D eigenvalue weighted by molar-refractivity contribution is -0.139. The summed E-state index contributed by atoms with van der Waals surface area (Å²) >= 11 is 0. The summed E-state index contributed by atoms with van der Waals surface area (Å²) in [5.74, 6) is 0.620. The summed E-state index contributed by atoms with van der Waals surface area (Å²) in [4.78, 5) is 15.5. The van der Waals surface area contributed by atoms with E-state index < -0.39 is 5.60 Å². The van der Waals surface area contributed by atoms with Crippen LogP contribution < -0.4 is 5.32 Å². The first kappa shape index (κ1) is 11.6. The van der Waals surface area contributed by atoms with Crippen LogP contribution in [0.5, 0.6) is 0 Å². The summed E-state index contributed by atoms with van der Waals surface area (Å²) in [5, 5.41) is 9.19. The van der Waals surface area contributed by atoms with Gasteiger partial charge in [0.15, 0.2) is 0 Å². The molecule has 0 aliphatic rings. The number of carbonyl (C=O) groups is 1. The third-order valence-corrected chi connectivity index (χ3v) is 2.17. The Bertz CT molecular complexity index is 308. The Labute approximate surface area is 88.4 Å². The zero-order valence-corrected chi connectivity index (χ0v) is 9.20. The normalized spacial score (nSPS) is 11.4. The van der Waals surface area contributed by atoms with E-state index in [9.17, 15) is 4.79 Å². The second-order valence-electron chi connectivity index (χ2n) is 3.65. The molecular formula is C9H16N4O2. The summed E-state index contributed by atoms with van der Waals surface area (Å²) in [6.45, 7) is 3.95. The number of aromatic nitrogens is 3. The SMILES string of the molecule is COC(C)(C)C(=O)NCCc1ncn[nH]1. The first-order chi connectivity index (χ1) is 7.06. The van der Waals surface area contributed by atoms with Crippen molar-refractivity contribution >= 4 is 5.91 Å². The quantitative estimate of drug-likeness (QED) is 0.713. The molecule has 0 radical (unpaired) electrons. The minimum Gasteiger partial charge on any atom is -0.369 e. The molecule has 6 nitrogen and oxygen atoms in total. The number of rotatable bonds is 5. The van der Waals surface area contributed by atoms with Gasteiger partial charge in [0.25, 0.3) is 5.91 Å². The van der Waals surface area contributed by atoms with Gasteiger partial charge in [-0.2, -0.15) is 5.10 Å². The maximum atomic E-state index is 11.5. The lowest BCUT2D eigenvalue weighted by Gasteiger charge is -2.21. The van der Waals surface area contributed by atoms with Crippen LogP contribution in [0.1, 0.15) is 19.7 Å². The Morgan fingerprint density at radius 3 is 2.93 bits per heavy atom. The largest absolute Gasteiger partial charge is 0.369 e. The third kappa shape index (κ3) is 3.32. The van der Waals surface area contributed by atoms with Gasteiger partial charge < -0.3 is 10.1 Å². The molecule has 0 atom stereocenters. The highest BCUT2D eigenvalue weighted by molar-refractivity contribution is 5.84. The van der Waals surface area contributed by atoms with Gasteiger partial charge in [0.1, 0.15) is 17.8 Å². The monoisotopic (exact) mass is 212 g/mol. The molecule has 0 aliphatic carbocycles. The van der Waals surface area contributed by atoms with E-state index in [0.717, 1.165) is 5.82 Å². The molecule has 1 aromatic rings. The van der Waals surface area contributed by atoms with Gasteiger partial charge in [-0.05, 0) is 13.8 Å². The summed E-state index contributed by atoms with van der Waals surface area (Å²) in [6, 6.07) is 0. The second-order valence-corrected chi connectivity index (χ2v) is 3.65. The van der Waals surface area contributed by atoms with Gasteiger partial charge in [0.2, 0.25) is 0 Å². The topological polar surface area (TPSA) is 79.9 Å². The van der Waals surface area contributed by atoms with E-state index in [1.165, 1.54) is 13.4 Å². The predicted octanol–water partition coefficient (Wildman–Crippen LogP) is -0.112. The molecule has 15 heavy (non-hydrogen) atoms. The zero-order valence-electron chi connectivity index (χ0n) is 9.20. The van der Waals surface area contributed by atoms with E-state index in [-0.39, 0.29) is 5.91 Å². The Morgan fingerprint density at radius 1 is 1.67 bits per heavy atom. The van der Waals surface area contributed by atoms with Crippen molar-refractivity contribution in [3.05, 3.63) is 12.2 Å². The molecule has 0 aromatic carbocycles. The number of nitrogens with one attached hydrogen (secondary N) is 2. The van der Waals surface area contributed by atoms with Crippen molar-refractivity contribution < 1.29 is 9.53 Å². The summed E-state index contributed by atoms with van der Waals surface area (Å²) in [6.07, 6.45) is 2.07. The lowest BCUT2D eigenvalue weighted by atomic mass is 10.1. The molecule has 0 saturated heterocycles. The molecule has 0 spiro atoms. The Balaban J connectivity index is 2.29. The first-order valence-electron chi connectivity index (χ1n) is 4.74. The maximum Gasteiger partial charge on any atom is 0.251 e. The molecule has 0 bridgehead atoms. The number of nitrogens with zero attached hydrogens (tertiary/aromatic N) is 2. The second kappa shape index (κ2) is 4.88. The molecule has 2 N–H and O–H groups in total. The number of ether oxygens (including phenoxy) is 1. The first-order valence-corrected chi connectivity index (χ1v) is 4.74. The van der Waals surface area contributed by atoms with Crippen molar-refractivity contribution in [2.45, 2.75) is 25.9 Å². The molecule has 1 rings (SSSR count). The number of H-pyrrole nitrogens is 1. The predicted molar refractivity (Wildman–Crippen MR) is 54.2 cm³/mol. The van der Waals surface area contributed by atoms with E-state index in [2.05, 4.69) is 20.5 Å². The van der Waals surface area contributed by atoms with Crippen molar-refractivity contribution in [2.24, 2.45) is 0 Å². The van der Waals surface area contributed by atoms with Crippen molar-refractivity contribution in [1.82, 2.24) is 20.5 Å². The molecule has 1 heterocycles. The van der Waals surface area contributed by atoms with Crippen LogP contribution in [-0.4, -0.2) is 40.3 Å². The van der Waals surface area contributed by atoms with E-state index in [4.69, 9.17) is 4.74 Å². The van der Waals surface area contributed by atoms with E-state index in [0.29, 0.717) is 13.0 Å². The number of carbonyl (C=O) groups excluding carboxylic acids is 1. The molecule has 0 aliphatic heterocycles. The van der Waals surface area contributed by atoms with Crippen LogP contribution >= 0.6 is 0 Å². The third-order valence-electron chi connectivity index (χ3n) is 2.17. The molecule has 0 saturated carbocycles. The minimum atomic E-state index is -0.790. The van der Waals surface area contributed by atoms with E-state index >= 15 is 0 Å². The fourth-order valence-corrected chi connectivity index (χ4v) is 0.951. The fourth-order valence-electron chi connectivity index (χ4n) is 0.951. The van der Waals surface area contributed by atoms with Crippen molar-refractivity contribution in [2.75, 3.05) is 13.7 Å². The number of methoxy groups -OCH3 is 1. The number of aromatic amines is 1.